The molecule has 0 saturated carbocycles. The Balaban J connectivity index is 1.77. The van der Waals surface area contributed by atoms with E-state index in [-0.39, 0.29) is 17.9 Å². The lowest BCUT2D eigenvalue weighted by atomic mass is 10.1. The van der Waals surface area contributed by atoms with E-state index in [4.69, 9.17) is 0 Å². The van der Waals surface area contributed by atoms with Crippen LogP contribution in [0, 0.1) is 0 Å². The predicted octanol–water partition coefficient (Wildman–Crippen LogP) is 3.51. The first-order valence-electron chi connectivity index (χ1n) is 8.47. The second-order valence-electron chi connectivity index (χ2n) is 6.34. The Morgan fingerprint density at radius 1 is 1.12 bits per heavy atom. The molecule has 25 heavy (non-hydrogen) atoms. The first-order chi connectivity index (χ1) is 12.1. The van der Waals surface area contributed by atoms with Gasteiger partial charge in [0, 0.05) is 23.2 Å². The number of rotatable bonds is 5. The van der Waals surface area contributed by atoms with E-state index in [2.05, 4.69) is 11.4 Å². The van der Waals surface area contributed by atoms with Gasteiger partial charge in [0.25, 0.3) is 5.91 Å². The molecule has 0 radical (unpaired) electrons. The van der Waals surface area contributed by atoms with Gasteiger partial charge in [0.1, 0.15) is 0 Å². The van der Waals surface area contributed by atoms with Crippen molar-refractivity contribution in [2.24, 2.45) is 0 Å². The minimum Gasteiger partial charge on any atom is -0.353 e. The topological polar surface area (TPSA) is 49.4 Å². The van der Waals surface area contributed by atoms with Crippen molar-refractivity contribution in [2.45, 2.75) is 31.2 Å². The zero-order chi connectivity index (χ0) is 17.8. The fourth-order valence-corrected chi connectivity index (χ4v) is 3.83. The van der Waals surface area contributed by atoms with Crippen LogP contribution in [0.25, 0.3) is 0 Å². The van der Waals surface area contributed by atoms with Gasteiger partial charge >= 0.3 is 0 Å². The van der Waals surface area contributed by atoms with Crippen molar-refractivity contribution >= 4 is 29.3 Å². The molecule has 130 valence electrons. The van der Waals surface area contributed by atoms with E-state index >= 15 is 0 Å². The van der Waals surface area contributed by atoms with Crippen molar-refractivity contribution in [3.63, 3.8) is 0 Å². The van der Waals surface area contributed by atoms with Crippen molar-refractivity contribution in [1.82, 2.24) is 5.32 Å². The molecule has 0 aliphatic carbocycles. The molecule has 0 unspecified atom stereocenters. The van der Waals surface area contributed by atoms with Crippen LogP contribution in [0.4, 0.5) is 5.69 Å². The fraction of sp³-hybridized carbons (Fsp3) is 0.300. The number of anilines is 1. The molecule has 0 atom stereocenters. The van der Waals surface area contributed by atoms with Gasteiger partial charge in [0.2, 0.25) is 5.91 Å². The molecule has 0 aromatic heterocycles. The van der Waals surface area contributed by atoms with E-state index in [0.717, 1.165) is 17.0 Å². The Labute approximate surface area is 152 Å². The molecule has 1 N–H and O–H groups in total. The van der Waals surface area contributed by atoms with Gasteiger partial charge in [-0.05, 0) is 44.0 Å². The largest absolute Gasteiger partial charge is 0.353 e. The average Bonchev–Trinajstić information content (AvgIpc) is 3.03. The second kappa shape index (κ2) is 7.74. The minimum atomic E-state index is -0.0197. The summed E-state index contributed by atoms with van der Waals surface area (Å²) < 4.78 is 0. The third-order valence-corrected chi connectivity index (χ3v) is 5.13. The summed E-state index contributed by atoms with van der Waals surface area (Å²) in [4.78, 5) is 27.6. The summed E-state index contributed by atoms with van der Waals surface area (Å²) in [6.45, 7) is 4.57. The van der Waals surface area contributed by atoms with Gasteiger partial charge in [-0.25, -0.2) is 0 Å². The normalized spacial score (nSPS) is 13.0. The SMILES string of the molecule is CC(C)NC(=O)CSc1ccccc1C(=O)N1CCc2ccccc21. The highest BCUT2D eigenvalue weighted by molar-refractivity contribution is 8.00. The highest BCUT2D eigenvalue weighted by Crippen LogP contribution is 2.31. The third-order valence-electron chi connectivity index (χ3n) is 4.06. The molecule has 0 fully saturated rings. The molecule has 2 aromatic carbocycles. The highest BCUT2D eigenvalue weighted by atomic mass is 32.2. The van der Waals surface area contributed by atoms with Gasteiger partial charge in [-0.1, -0.05) is 30.3 Å². The number of para-hydroxylation sites is 1. The maximum atomic E-state index is 13.1. The molecule has 4 nitrogen and oxygen atoms in total. The summed E-state index contributed by atoms with van der Waals surface area (Å²) in [6, 6.07) is 15.7. The number of amides is 2. The van der Waals surface area contributed by atoms with Gasteiger partial charge in [-0.3, -0.25) is 9.59 Å². The number of thioether (sulfide) groups is 1. The minimum absolute atomic E-state index is 0.00248. The van der Waals surface area contributed by atoms with Gasteiger partial charge in [0.05, 0.1) is 11.3 Å². The van der Waals surface area contributed by atoms with Crippen molar-refractivity contribution in [3.8, 4) is 0 Å². The zero-order valence-corrected chi connectivity index (χ0v) is 15.3. The molecule has 3 rings (SSSR count). The number of benzene rings is 2. The van der Waals surface area contributed by atoms with Crippen LogP contribution in [-0.2, 0) is 11.2 Å². The summed E-state index contributed by atoms with van der Waals surface area (Å²) in [7, 11) is 0. The van der Waals surface area contributed by atoms with Crippen LogP contribution in [0.5, 0.6) is 0 Å². The van der Waals surface area contributed by atoms with E-state index in [9.17, 15) is 9.59 Å². The number of carbonyl (C=O) groups excluding carboxylic acids is 2. The number of nitrogens with one attached hydrogen (secondary N) is 1. The van der Waals surface area contributed by atoms with Crippen LogP contribution in [0.3, 0.4) is 0 Å². The maximum Gasteiger partial charge on any atom is 0.259 e. The fourth-order valence-electron chi connectivity index (χ4n) is 2.97. The van der Waals surface area contributed by atoms with Crippen LogP contribution in [0.1, 0.15) is 29.8 Å². The molecule has 1 aliphatic rings. The Morgan fingerprint density at radius 3 is 2.64 bits per heavy atom. The van der Waals surface area contributed by atoms with Gasteiger partial charge in [-0.15, -0.1) is 11.8 Å². The van der Waals surface area contributed by atoms with E-state index < -0.39 is 0 Å². The van der Waals surface area contributed by atoms with Crippen molar-refractivity contribution in [1.29, 1.82) is 0 Å². The summed E-state index contributed by atoms with van der Waals surface area (Å²) in [6.07, 6.45) is 0.883. The predicted molar refractivity (Wildman–Crippen MR) is 102 cm³/mol. The number of nitrogens with zero attached hydrogens (tertiary/aromatic N) is 1. The molecule has 0 spiro atoms. The molecule has 1 aliphatic heterocycles. The number of carbonyl (C=O) groups is 2. The van der Waals surface area contributed by atoms with Gasteiger partial charge in [0.15, 0.2) is 0 Å². The molecular weight excluding hydrogens is 332 g/mol. The van der Waals surface area contributed by atoms with Crippen molar-refractivity contribution < 1.29 is 9.59 Å². The Kier molecular flexibility index (Phi) is 5.43. The van der Waals surface area contributed by atoms with E-state index in [1.807, 2.05) is 61.2 Å². The molecule has 2 amide bonds. The smallest absolute Gasteiger partial charge is 0.259 e. The first kappa shape index (κ1) is 17.5. The Hall–Kier alpha value is -2.27. The molecule has 1 heterocycles. The lowest BCUT2D eigenvalue weighted by Gasteiger charge is -2.19. The monoisotopic (exact) mass is 354 g/mol. The summed E-state index contributed by atoms with van der Waals surface area (Å²) >= 11 is 1.41. The van der Waals surface area contributed by atoms with Crippen molar-refractivity contribution in [2.75, 3.05) is 17.2 Å². The lowest BCUT2D eigenvalue weighted by molar-refractivity contribution is -0.119. The summed E-state index contributed by atoms with van der Waals surface area (Å²) in [5.41, 5.74) is 2.85. The number of fused-ring (bicyclic) bond motifs is 1. The summed E-state index contributed by atoms with van der Waals surface area (Å²) in [5.74, 6) is 0.282. The van der Waals surface area contributed by atoms with Gasteiger partial charge in [-0.2, -0.15) is 0 Å². The maximum absolute atomic E-state index is 13.1. The van der Waals surface area contributed by atoms with Crippen LogP contribution < -0.4 is 10.2 Å². The number of hydrogen-bond donors (Lipinski definition) is 1. The molecular formula is C20H22N2O2S. The molecule has 0 saturated heterocycles. The highest BCUT2D eigenvalue weighted by Gasteiger charge is 2.26. The van der Waals surface area contributed by atoms with Crippen LogP contribution >= 0.6 is 11.8 Å². The quantitative estimate of drug-likeness (QED) is 0.836. The van der Waals surface area contributed by atoms with Crippen LogP contribution in [-0.4, -0.2) is 30.2 Å². The zero-order valence-electron chi connectivity index (χ0n) is 14.5. The van der Waals surface area contributed by atoms with Crippen molar-refractivity contribution in [3.05, 3.63) is 59.7 Å². The Morgan fingerprint density at radius 2 is 1.84 bits per heavy atom. The third kappa shape index (κ3) is 4.04. The van der Waals surface area contributed by atoms with E-state index in [0.29, 0.717) is 17.9 Å². The Bertz CT molecular complexity index is 789. The standard InChI is InChI=1S/C20H22N2O2S/c1-14(2)21-19(23)13-25-18-10-6-4-8-16(18)20(24)22-12-11-15-7-3-5-9-17(15)22/h3-10,14H,11-13H2,1-2H3,(H,21,23). The van der Waals surface area contributed by atoms with Crippen LogP contribution in [0.15, 0.2) is 53.4 Å². The number of hydrogen-bond acceptors (Lipinski definition) is 3. The van der Waals surface area contributed by atoms with Gasteiger partial charge < -0.3 is 10.2 Å². The molecule has 0 bridgehead atoms. The summed E-state index contributed by atoms with van der Waals surface area (Å²) in [5, 5.41) is 2.87. The first-order valence-corrected chi connectivity index (χ1v) is 9.46. The van der Waals surface area contributed by atoms with E-state index in [1.165, 1.54) is 17.3 Å². The lowest BCUT2D eigenvalue weighted by Crippen LogP contribution is -2.32. The molecule has 2 aromatic rings. The second-order valence-corrected chi connectivity index (χ2v) is 7.36. The molecule has 5 heteroatoms. The average molecular weight is 354 g/mol. The van der Waals surface area contributed by atoms with Crippen LogP contribution in [0.2, 0.25) is 0 Å². The van der Waals surface area contributed by atoms with E-state index in [1.54, 1.807) is 0 Å².